The van der Waals surface area contributed by atoms with Crippen LogP contribution in [0.1, 0.15) is 130 Å². The zero-order chi connectivity index (χ0) is 35.2. The number of hydrogen-bond donors (Lipinski definition) is 4. The summed E-state index contributed by atoms with van der Waals surface area (Å²) in [6, 6.07) is 0. The van der Waals surface area contributed by atoms with E-state index in [-0.39, 0.29) is 12.8 Å². The Morgan fingerprint density at radius 3 is 1.85 bits per heavy atom. The van der Waals surface area contributed by atoms with Gasteiger partial charge in [0.1, 0.15) is 6.61 Å². The fourth-order valence-electron chi connectivity index (χ4n) is 4.50. The Kier molecular flexibility index (Phi) is 28.7. The number of esters is 2. The minimum absolute atomic E-state index is 0.0176. The van der Waals surface area contributed by atoms with Gasteiger partial charge in [-0.05, 0) is 38.0 Å². The summed E-state index contributed by atoms with van der Waals surface area (Å²) in [6.07, 6.45) is 26.5. The van der Waals surface area contributed by atoms with E-state index in [4.69, 9.17) is 19.3 Å². The minimum Gasteiger partial charge on any atom is -0.462 e. The molecule has 0 saturated carbocycles. The molecule has 0 heterocycles. The first kappa shape index (κ1) is 44.9. The first-order valence-electron chi connectivity index (χ1n) is 17.5. The summed E-state index contributed by atoms with van der Waals surface area (Å²) >= 11 is 0. The molecule has 47 heavy (non-hydrogen) atoms. The molecule has 0 aliphatic heterocycles. The van der Waals surface area contributed by atoms with Gasteiger partial charge in [-0.2, -0.15) is 0 Å². The quantitative estimate of drug-likeness (QED) is 0.0254. The topological polar surface area (TPSA) is 160 Å². The predicted molar refractivity (Wildman–Crippen MR) is 186 cm³/mol. The van der Waals surface area contributed by atoms with Crippen LogP contribution in [-0.4, -0.2) is 63.5 Å². The number of hydrogen-bond acceptors (Lipinski definition) is 8. The Hall–Kier alpha value is -2.07. The van der Waals surface area contributed by atoms with Crippen molar-refractivity contribution in [3.63, 3.8) is 0 Å². The Morgan fingerprint density at radius 1 is 0.702 bits per heavy atom. The van der Waals surface area contributed by atoms with Crippen molar-refractivity contribution < 1.29 is 48.2 Å². The average molecular weight is 687 g/mol. The van der Waals surface area contributed by atoms with Gasteiger partial charge in [0.25, 0.3) is 0 Å². The van der Waals surface area contributed by atoms with Crippen molar-refractivity contribution in [1.29, 1.82) is 0 Å². The van der Waals surface area contributed by atoms with Gasteiger partial charge >= 0.3 is 19.8 Å². The summed E-state index contributed by atoms with van der Waals surface area (Å²) in [6.45, 7) is 5.61. The van der Waals surface area contributed by atoms with Gasteiger partial charge in [0.05, 0.1) is 18.8 Å². The summed E-state index contributed by atoms with van der Waals surface area (Å²) in [5, 5.41) is 20.0. The molecule has 0 aromatic heterocycles. The molecule has 10 nitrogen and oxygen atoms in total. The Morgan fingerprint density at radius 2 is 1.26 bits per heavy atom. The first-order chi connectivity index (χ1) is 22.5. The molecule has 0 bridgehead atoms. The van der Waals surface area contributed by atoms with Crippen LogP contribution in [0.2, 0.25) is 0 Å². The highest BCUT2D eigenvalue weighted by atomic mass is 31.2. The van der Waals surface area contributed by atoms with Crippen molar-refractivity contribution >= 4 is 19.8 Å². The molecular formula is C36H63O10P. The van der Waals surface area contributed by atoms with Crippen molar-refractivity contribution in [1.82, 2.24) is 0 Å². The van der Waals surface area contributed by atoms with E-state index >= 15 is 0 Å². The van der Waals surface area contributed by atoms with Crippen LogP contribution >= 0.6 is 7.82 Å². The van der Waals surface area contributed by atoms with Gasteiger partial charge in [0.15, 0.2) is 6.10 Å². The van der Waals surface area contributed by atoms with Crippen LogP contribution in [0, 0.1) is 5.92 Å². The van der Waals surface area contributed by atoms with E-state index < -0.39 is 51.3 Å². The predicted octanol–water partition coefficient (Wildman–Crippen LogP) is 7.80. The number of carbonyl (C=O) groups is 2. The van der Waals surface area contributed by atoms with Gasteiger partial charge < -0.3 is 29.5 Å². The maximum absolute atomic E-state index is 12.3. The fourth-order valence-corrected chi connectivity index (χ4v) is 4.86. The summed E-state index contributed by atoms with van der Waals surface area (Å²) in [5.74, 6) is -0.363. The fraction of sp³-hybridized carbons (Fsp3) is 0.722. The van der Waals surface area contributed by atoms with Gasteiger partial charge in [-0.3, -0.25) is 14.1 Å². The third-order valence-corrected chi connectivity index (χ3v) is 8.08. The zero-order valence-corrected chi connectivity index (χ0v) is 29.9. The van der Waals surface area contributed by atoms with Crippen molar-refractivity contribution in [2.24, 2.45) is 5.92 Å². The normalized spacial score (nSPS) is 15.1. The van der Waals surface area contributed by atoms with E-state index in [0.717, 1.165) is 50.9 Å². The molecule has 0 aliphatic carbocycles. The number of phosphoric acid groups is 1. The number of allylic oxidation sites excluding steroid dienone is 6. The number of aliphatic hydroxyl groups is 2. The van der Waals surface area contributed by atoms with E-state index in [9.17, 15) is 24.4 Å². The van der Waals surface area contributed by atoms with E-state index in [2.05, 4.69) is 25.3 Å². The second kappa shape index (κ2) is 30.0. The molecule has 11 heteroatoms. The largest absolute Gasteiger partial charge is 0.469 e. The first-order valence-corrected chi connectivity index (χ1v) is 19.1. The molecule has 4 atom stereocenters. The summed E-state index contributed by atoms with van der Waals surface area (Å²) in [4.78, 5) is 42.5. The number of unbranched alkanes of at least 4 members (excludes halogenated alkanes) is 7. The molecule has 0 spiro atoms. The number of rotatable bonds is 30. The van der Waals surface area contributed by atoms with Crippen LogP contribution in [-0.2, 0) is 28.2 Å². The lowest BCUT2D eigenvalue weighted by atomic mass is 10.00. The molecule has 0 radical (unpaired) electrons. The summed E-state index contributed by atoms with van der Waals surface area (Å²) in [7, 11) is -4.80. The van der Waals surface area contributed by atoms with Gasteiger partial charge in [-0.1, -0.05) is 134 Å². The molecule has 4 N–H and O–H groups in total. The molecule has 0 amide bonds. The van der Waals surface area contributed by atoms with Crippen molar-refractivity contribution in [3.05, 3.63) is 48.6 Å². The third-order valence-electron chi connectivity index (χ3n) is 7.60. The highest BCUT2D eigenvalue weighted by Crippen LogP contribution is 2.36. The van der Waals surface area contributed by atoms with E-state index in [1.54, 1.807) is 18.2 Å². The van der Waals surface area contributed by atoms with Gasteiger partial charge in [-0.25, -0.2) is 4.57 Å². The second-order valence-corrected chi connectivity index (χ2v) is 13.4. The lowest BCUT2D eigenvalue weighted by Gasteiger charge is -2.18. The maximum atomic E-state index is 12.3. The van der Waals surface area contributed by atoms with Crippen LogP contribution in [0.3, 0.4) is 0 Å². The molecule has 0 aromatic carbocycles. The molecular weight excluding hydrogens is 623 g/mol. The highest BCUT2D eigenvalue weighted by molar-refractivity contribution is 7.46. The summed E-state index contributed by atoms with van der Waals surface area (Å²) in [5.41, 5.74) is 0. The van der Waals surface area contributed by atoms with Crippen LogP contribution in [0.25, 0.3) is 0 Å². The van der Waals surface area contributed by atoms with Crippen molar-refractivity contribution in [3.8, 4) is 0 Å². The standard InChI is InChI=1S/C36H63O10P/c1-4-6-16-23-32(37)24-18-13-8-7-9-14-19-25-33(38)26-21-28-35(39)44-29-34(30-45-47(41,42)43)46-36(40)27-20-15-11-10-12-17-22-31(3)5-2/h8-9,13-14,18-19,24-25,31-34,37-38H,4-7,10-12,15-17,20-23,26-30H2,1-3H3,(H2,41,42,43)/b13-8-,14-9-,24-18+,25-19+/t31?,32-,33-,34+/m0/s1. The molecule has 0 aromatic rings. The van der Waals surface area contributed by atoms with Gasteiger partial charge in [0.2, 0.25) is 0 Å². The van der Waals surface area contributed by atoms with E-state index in [1.807, 2.05) is 30.4 Å². The number of ether oxygens (including phenoxy) is 2. The number of aliphatic hydroxyl groups excluding tert-OH is 2. The monoisotopic (exact) mass is 686 g/mol. The van der Waals surface area contributed by atoms with Gasteiger partial charge in [-0.15, -0.1) is 0 Å². The van der Waals surface area contributed by atoms with Crippen LogP contribution < -0.4 is 0 Å². The molecule has 0 saturated heterocycles. The van der Waals surface area contributed by atoms with Gasteiger partial charge in [0, 0.05) is 12.8 Å². The van der Waals surface area contributed by atoms with E-state index in [0.29, 0.717) is 25.7 Å². The minimum atomic E-state index is -4.80. The maximum Gasteiger partial charge on any atom is 0.469 e. The summed E-state index contributed by atoms with van der Waals surface area (Å²) < 4.78 is 26.1. The van der Waals surface area contributed by atoms with E-state index in [1.165, 1.54) is 25.7 Å². The zero-order valence-electron chi connectivity index (χ0n) is 29.0. The Bertz CT molecular complexity index is 955. The molecule has 272 valence electrons. The lowest BCUT2D eigenvalue weighted by molar-refractivity contribution is -0.161. The lowest BCUT2D eigenvalue weighted by Crippen LogP contribution is -2.29. The third kappa shape index (κ3) is 32.3. The molecule has 1 unspecified atom stereocenters. The average Bonchev–Trinajstić information content (AvgIpc) is 3.02. The second-order valence-electron chi connectivity index (χ2n) is 12.1. The molecule has 0 aliphatic rings. The van der Waals surface area contributed by atoms with Crippen LogP contribution in [0.15, 0.2) is 48.6 Å². The van der Waals surface area contributed by atoms with Crippen molar-refractivity contribution in [2.75, 3.05) is 13.2 Å². The smallest absolute Gasteiger partial charge is 0.462 e. The van der Waals surface area contributed by atoms with Crippen molar-refractivity contribution in [2.45, 2.75) is 148 Å². The highest BCUT2D eigenvalue weighted by Gasteiger charge is 2.23. The van der Waals surface area contributed by atoms with Crippen LogP contribution in [0.4, 0.5) is 0 Å². The number of phosphoric ester groups is 1. The van der Waals surface area contributed by atoms with Crippen LogP contribution in [0.5, 0.6) is 0 Å². The Labute approximate surface area is 283 Å². The molecule has 0 rings (SSSR count). The SMILES string of the molecule is CCCCC[C@H](O)/C=C/C=C\C/C=C\C=C\[C@H](O)CCCC(=O)OC[C@H](COP(=O)(O)O)OC(=O)CCCCCCCCC(C)CC. The molecule has 0 fully saturated rings. The Balaban J connectivity index is 4.29. The number of carbonyl (C=O) groups excluding carboxylic acids is 2.